The minimum absolute atomic E-state index is 0.363. The Hall–Kier alpha value is -1.42. The van der Waals surface area contributed by atoms with Gasteiger partial charge < -0.3 is 14.8 Å². The van der Waals surface area contributed by atoms with Crippen LogP contribution in [-0.4, -0.2) is 13.7 Å². The lowest BCUT2D eigenvalue weighted by Gasteiger charge is -2.14. The van der Waals surface area contributed by atoms with Crippen molar-refractivity contribution in [2.75, 3.05) is 13.7 Å². The number of hydrogen-bond donors (Lipinski definition) is 1. The van der Waals surface area contributed by atoms with Gasteiger partial charge in [-0.3, -0.25) is 0 Å². The van der Waals surface area contributed by atoms with E-state index in [2.05, 4.69) is 5.32 Å². The molecule has 22 heavy (non-hydrogen) atoms. The van der Waals surface area contributed by atoms with Crippen LogP contribution in [0, 0.1) is 0 Å². The Bertz CT molecular complexity index is 632. The minimum atomic E-state index is 0.363. The molecule has 0 unspecified atom stereocenters. The summed E-state index contributed by atoms with van der Waals surface area (Å²) in [6.07, 6.45) is 0. The number of rotatable bonds is 7. The first-order chi connectivity index (χ1) is 10.6. The third kappa shape index (κ3) is 4.54. The first-order valence-electron chi connectivity index (χ1n) is 7.11. The van der Waals surface area contributed by atoms with Gasteiger partial charge in [-0.05, 0) is 43.8 Å². The standard InChI is InChI=1S/C17H19Cl2NO2/c1-3-21-17-8-12(10-20-2)4-7-16(17)22-11-13-5-6-14(18)9-15(13)19/h4-9,20H,3,10-11H2,1-2H3. The van der Waals surface area contributed by atoms with Gasteiger partial charge in [0.15, 0.2) is 11.5 Å². The molecule has 0 radical (unpaired) electrons. The fraction of sp³-hybridized carbons (Fsp3) is 0.294. The number of nitrogens with one attached hydrogen (secondary N) is 1. The summed E-state index contributed by atoms with van der Waals surface area (Å²) in [6.45, 7) is 3.68. The van der Waals surface area contributed by atoms with Crippen LogP contribution < -0.4 is 14.8 Å². The maximum absolute atomic E-state index is 6.16. The second kappa shape index (κ2) is 8.28. The highest BCUT2D eigenvalue weighted by molar-refractivity contribution is 6.35. The lowest BCUT2D eigenvalue weighted by molar-refractivity contribution is 0.269. The minimum Gasteiger partial charge on any atom is -0.490 e. The summed E-state index contributed by atoms with van der Waals surface area (Å²) in [5.41, 5.74) is 2.02. The predicted octanol–water partition coefficient (Wildman–Crippen LogP) is 4.69. The fourth-order valence-electron chi connectivity index (χ4n) is 2.05. The van der Waals surface area contributed by atoms with Crippen LogP contribution in [0.15, 0.2) is 36.4 Å². The molecule has 1 N–H and O–H groups in total. The summed E-state index contributed by atoms with van der Waals surface area (Å²) in [4.78, 5) is 0. The van der Waals surface area contributed by atoms with Crippen molar-refractivity contribution in [3.8, 4) is 11.5 Å². The second-order valence-corrected chi connectivity index (χ2v) is 5.61. The molecular formula is C17H19Cl2NO2. The summed E-state index contributed by atoms with van der Waals surface area (Å²) in [5, 5.41) is 4.32. The average molecular weight is 340 g/mol. The molecule has 0 bridgehead atoms. The van der Waals surface area contributed by atoms with E-state index in [1.54, 1.807) is 12.1 Å². The molecule has 118 valence electrons. The Balaban J connectivity index is 2.14. The van der Waals surface area contributed by atoms with Crippen LogP contribution in [0.25, 0.3) is 0 Å². The molecule has 0 atom stereocenters. The fourth-order valence-corrected chi connectivity index (χ4v) is 2.51. The monoisotopic (exact) mass is 339 g/mol. The zero-order valence-electron chi connectivity index (χ0n) is 12.7. The van der Waals surface area contributed by atoms with Crippen molar-refractivity contribution in [1.29, 1.82) is 0 Å². The molecule has 0 amide bonds. The Morgan fingerprint density at radius 3 is 2.50 bits per heavy atom. The number of benzene rings is 2. The van der Waals surface area contributed by atoms with Gasteiger partial charge in [0.25, 0.3) is 0 Å². The van der Waals surface area contributed by atoms with Gasteiger partial charge in [-0.1, -0.05) is 35.3 Å². The van der Waals surface area contributed by atoms with Gasteiger partial charge >= 0.3 is 0 Å². The molecule has 0 aliphatic rings. The van der Waals surface area contributed by atoms with E-state index >= 15 is 0 Å². The topological polar surface area (TPSA) is 30.5 Å². The number of hydrogen-bond acceptors (Lipinski definition) is 3. The van der Waals surface area contributed by atoms with Crippen LogP contribution in [0.3, 0.4) is 0 Å². The summed E-state index contributed by atoms with van der Waals surface area (Å²) in [7, 11) is 1.91. The second-order valence-electron chi connectivity index (χ2n) is 4.77. The lowest BCUT2D eigenvalue weighted by atomic mass is 10.2. The van der Waals surface area contributed by atoms with Crippen molar-refractivity contribution in [3.05, 3.63) is 57.6 Å². The molecule has 2 aromatic rings. The van der Waals surface area contributed by atoms with Crippen molar-refractivity contribution in [2.45, 2.75) is 20.1 Å². The highest BCUT2D eigenvalue weighted by atomic mass is 35.5. The Kier molecular flexibility index (Phi) is 6.37. The van der Waals surface area contributed by atoms with E-state index < -0.39 is 0 Å². The van der Waals surface area contributed by atoms with Gasteiger partial charge in [0.05, 0.1) is 6.61 Å². The number of ether oxygens (including phenoxy) is 2. The molecule has 2 rings (SSSR count). The normalized spacial score (nSPS) is 10.5. The third-order valence-corrected chi connectivity index (χ3v) is 3.67. The van der Waals surface area contributed by atoms with Crippen LogP contribution in [0.4, 0.5) is 0 Å². The first-order valence-corrected chi connectivity index (χ1v) is 7.86. The van der Waals surface area contributed by atoms with Crippen LogP contribution in [0.1, 0.15) is 18.1 Å². The van der Waals surface area contributed by atoms with E-state index in [1.165, 1.54) is 0 Å². The van der Waals surface area contributed by atoms with Crippen molar-refractivity contribution >= 4 is 23.2 Å². The van der Waals surface area contributed by atoms with E-state index in [-0.39, 0.29) is 0 Å². The molecule has 0 fully saturated rings. The third-order valence-electron chi connectivity index (χ3n) is 3.09. The first kappa shape index (κ1) is 16.9. The van der Waals surface area contributed by atoms with Gasteiger partial charge in [-0.25, -0.2) is 0 Å². The average Bonchev–Trinajstić information content (AvgIpc) is 2.49. The largest absolute Gasteiger partial charge is 0.490 e. The molecule has 0 spiro atoms. The highest BCUT2D eigenvalue weighted by Gasteiger charge is 2.08. The Labute approximate surface area is 141 Å². The Morgan fingerprint density at radius 1 is 1.00 bits per heavy atom. The zero-order chi connectivity index (χ0) is 15.9. The van der Waals surface area contributed by atoms with Crippen LogP contribution in [-0.2, 0) is 13.2 Å². The van der Waals surface area contributed by atoms with Gasteiger partial charge in [0, 0.05) is 22.2 Å². The van der Waals surface area contributed by atoms with Crippen molar-refractivity contribution in [3.63, 3.8) is 0 Å². The molecule has 2 aromatic carbocycles. The molecular weight excluding hydrogens is 321 g/mol. The SMILES string of the molecule is CCOc1cc(CNC)ccc1OCc1ccc(Cl)cc1Cl. The maximum Gasteiger partial charge on any atom is 0.161 e. The molecule has 0 saturated heterocycles. The van der Waals surface area contributed by atoms with Crippen molar-refractivity contribution < 1.29 is 9.47 Å². The maximum atomic E-state index is 6.16. The summed E-state index contributed by atoms with van der Waals surface area (Å²) in [6, 6.07) is 11.3. The molecule has 0 aromatic heterocycles. The summed E-state index contributed by atoms with van der Waals surface area (Å²) >= 11 is 12.1. The van der Waals surface area contributed by atoms with E-state index in [9.17, 15) is 0 Å². The summed E-state index contributed by atoms with van der Waals surface area (Å²) in [5.74, 6) is 1.44. The Morgan fingerprint density at radius 2 is 1.82 bits per heavy atom. The zero-order valence-corrected chi connectivity index (χ0v) is 14.2. The van der Waals surface area contributed by atoms with Gasteiger partial charge in [0.1, 0.15) is 6.61 Å². The van der Waals surface area contributed by atoms with E-state index in [4.69, 9.17) is 32.7 Å². The van der Waals surface area contributed by atoms with Crippen LogP contribution in [0.5, 0.6) is 11.5 Å². The molecule has 0 heterocycles. The number of halogens is 2. The van der Waals surface area contributed by atoms with Gasteiger partial charge in [-0.2, -0.15) is 0 Å². The van der Waals surface area contributed by atoms with Crippen molar-refractivity contribution in [1.82, 2.24) is 5.32 Å². The van der Waals surface area contributed by atoms with E-state index in [1.807, 2.05) is 38.2 Å². The molecule has 0 aliphatic heterocycles. The van der Waals surface area contributed by atoms with Gasteiger partial charge in [0.2, 0.25) is 0 Å². The van der Waals surface area contributed by atoms with E-state index in [0.717, 1.165) is 23.4 Å². The molecule has 3 nitrogen and oxygen atoms in total. The lowest BCUT2D eigenvalue weighted by Crippen LogP contribution is -2.06. The quantitative estimate of drug-likeness (QED) is 0.793. The smallest absolute Gasteiger partial charge is 0.161 e. The predicted molar refractivity (Wildman–Crippen MR) is 91.2 cm³/mol. The van der Waals surface area contributed by atoms with Crippen LogP contribution in [0.2, 0.25) is 10.0 Å². The highest BCUT2D eigenvalue weighted by Crippen LogP contribution is 2.30. The van der Waals surface area contributed by atoms with Crippen LogP contribution >= 0.6 is 23.2 Å². The van der Waals surface area contributed by atoms with Gasteiger partial charge in [-0.15, -0.1) is 0 Å². The van der Waals surface area contributed by atoms with Crippen molar-refractivity contribution in [2.24, 2.45) is 0 Å². The summed E-state index contributed by atoms with van der Waals surface area (Å²) < 4.78 is 11.5. The molecule has 0 aliphatic carbocycles. The molecule has 5 heteroatoms. The van der Waals surface area contributed by atoms with E-state index in [0.29, 0.717) is 29.0 Å². The molecule has 0 saturated carbocycles.